The Kier molecular flexibility index (Phi) is 37.7. The van der Waals surface area contributed by atoms with Gasteiger partial charge in [0.1, 0.15) is 24.6 Å². The number of aldehydes is 1. The third kappa shape index (κ3) is 27.2. The maximum absolute atomic E-state index is 11.3. The average Bonchev–Trinajstić information content (AvgIpc) is 3.18. The average molecular weight is 1340 g/mol. The molecule has 6 heterocycles. The maximum Gasteiger partial charge on any atom is 1.00 e. The number of carbonyl (C=O) groups excluding carboxylic acids is 1. The van der Waals surface area contributed by atoms with Crippen molar-refractivity contribution < 1.29 is 40.9 Å². The first-order chi connectivity index (χ1) is 28.7. The molecule has 0 bridgehead atoms. The molecule has 6 aromatic heterocycles. The van der Waals surface area contributed by atoms with E-state index in [0.717, 1.165) is 16.8 Å². The zero-order valence-electron chi connectivity index (χ0n) is 33.3. The molecule has 0 aliphatic heterocycles. The van der Waals surface area contributed by atoms with E-state index in [-0.39, 0.29) is 81.6 Å². The largest absolute Gasteiger partial charge is 1.00 e. The van der Waals surface area contributed by atoms with Crippen molar-refractivity contribution in [2.24, 2.45) is 0 Å². The molecule has 29 heteroatoms. The fourth-order valence-electron chi connectivity index (χ4n) is 3.58. The first kappa shape index (κ1) is 65.4. The van der Waals surface area contributed by atoms with E-state index in [9.17, 15) is 14.4 Å². The number of hydrogen-bond donors (Lipinski definition) is 4. The molecule has 0 fully saturated rings. The fraction of sp³-hybridized carbons (Fsp3) is 0.147. The van der Waals surface area contributed by atoms with Crippen LogP contribution in [0.25, 0.3) is 0 Å². The van der Waals surface area contributed by atoms with Crippen LogP contribution in [0, 0.1) is 18.6 Å². The minimum Gasteiger partial charge on any atom is -1.00 e. The van der Waals surface area contributed by atoms with Crippen LogP contribution < -0.4 is 40.7 Å². The Morgan fingerprint density at radius 3 is 1.56 bits per heavy atom. The number of thioether (sulfide) groups is 1. The van der Waals surface area contributed by atoms with Gasteiger partial charge in [0.25, 0.3) is 11.1 Å². The zero-order chi connectivity index (χ0) is 46.2. The number of aliphatic hydroxyl groups excluding tert-OH is 1. The molecule has 333 valence electrons. The molecular formula is C34H28BBr4Cl8N8NaO4PS2. The third-order valence-corrected chi connectivity index (χ3v) is 11.1. The molecule has 12 nitrogen and oxygen atoms in total. The predicted molar refractivity (Wildman–Crippen MR) is 278 cm³/mol. The number of carbonyl (C=O) groups is 1. The Morgan fingerprint density at radius 2 is 1.16 bits per heavy atom. The number of alkyl halides is 1. The van der Waals surface area contributed by atoms with Crippen molar-refractivity contribution in [3.63, 3.8) is 0 Å². The number of aryl methyl sites for hydroxylation is 2. The number of aliphatic hydroxyl groups is 1. The van der Waals surface area contributed by atoms with Gasteiger partial charge in [-0.1, -0.05) is 120 Å². The van der Waals surface area contributed by atoms with E-state index in [0.29, 0.717) is 64.3 Å². The Morgan fingerprint density at radius 1 is 0.730 bits per heavy atom. The molecule has 0 aromatic carbocycles. The van der Waals surface area contributed by atoms with E-state index in [1.165, 1.54) is 42.4 Å². The van der Waals surface area contributed by atoms with Crippen molar-refractivity contribution in [1.29, 1.82) is 0 Å². The minimum atomic E-state index is -0.183. The summed E-state index contributed by atoms with van der Waals surface area (Å²) >= 11 is 64.3. The van der Waals surface area contributed by atoms with Gasteiger partial charge in [0.2, 0.25) is 0 Å². The second-order valence-corrected chi connectivity index (χ2v) is 30.8. The van der Waals surface area contributed by atoms with Crippen LogP contribution in [0.2, 0.25) is 40.7 Å². The van der Waals surface area contributed by atoms with E-state index in [1.807, 2.05) is 6.07 Å². The van der Waals surface area contributed by atoms with Gasteiger partial charge in [-0.3, -0.25) is 19.4 Å². The molecule has 63 heavy (non-hydrogen) atoms. The van der Waals surface area contributed by atoms with Crippen molar-refractivity contribution in [2.75, 3.05) is 0 Å². The normalized spacial score (nSPS) is 9.59. The predicted octanol–water partition coefficient (Wildman–Crippen LogP) is 11.3. The summed E-state index contributed by atoms with van der Waals surface area (Å²) in [4.78, 5) is 59.2. The Hall–Kier alpha value is 0.295. The molecule has 3 radical (unpaired) electrons. The van der Waals surface area contributed by atoms with Crippen LogP contribution in [0.5, 0.6) is 0 Å². The first-order valence-electron chi connectivity index (χ1n) is 15.8. The first-order valence-corrected chi connectivity index (χ1v) is 28.7. The van der Waals surface area contributed by atoms with Gasteiger partial charge < -0.3 is 16.5 Å². The van der Waals surface area contributed by atoms with Gasteiger partial charge >= 0.3 is 29.6 Å². The van der Waals surface area contributed by atoms with Gasteiger partial charge in [0.05, 0.1) is 26.7 Å². The number of aromatic amines is 3. The van der Waals surface area contributed by atoms with Gasteiger partial charge in [-0.05, 0) is 108 Å². The maximum atomic E-state index is 11.3. The fourth-order valence-corrected chi connectivity index (χ4v) is 6.85. The van der Waals surface area contributed by atoms with E-state index in [2.05, 4.69) is 114 Å². The van der Waals surface area contributed by atoms with Crippen molar-refractivity contribution in [3.8, 4) is 0 Å². The standard InChI is InChI=1S/C11H9Cl2N3OS.C6H4BrCl2N.C6H5Cl2NO.C6H3Cl2NO.C5H6N2OS.B.Br3P.Na.H/c1-6-4-8(17)16-11(15-6)18-5-7-2-3-14-10(13)9(7)12;7-3-4-1-2-10-6(9)5(4)8;2*7-5-4(3-10)1-2-9-6(5)8;1-3-2-4(8)7-5(9)6-3;;1-4(2)3;;/h2-4H,5H2,1H3,(H,15,16,17);1-2H,3H2;1-2,10H,3H2;1-3H;2H,1H3,(H2,6,7,8,9);;;;/q;;;;;;;+1;-1. The van der Waals surface area contributed by atoms with Crippen LogP contribution in [-0.4, -0.2) is 59.7 Å². The number of aromatic nitrogens is 8. The molecule has 0 atom stereocenters. The molecule has 6 rings (SSSR count). The van der Waals surface area contributed by atoms with Crippen molar-refractivity contribution in [1.82, 2.24) is 39.9 Å². The van der Waals surface area contributed by atoms with E-state index >= 15 is 0 Å². The Labute approximate surface area is 470 Å². The van der Waals surface area contributed by atoms with Gasteiger partial charge in [-0.25, -0.2) is 24.9 Å². The van der Waals surface area contributed by atoms with Crippen LogP contribution in [0.1, 0.15) is 39.9 Å². The van der Waals surface area contributed by atoms with Gasteiger partial charge in [-0.15, -0.1) is 0 Å². The summed E-state index contributed by atoms with van der Waals surface area (Å²) in [6.45, 7) is 3.45. The quantitative estimate of drug-likeness (QED) is 0.0182. The molecule has 0 amide bonds. The Bertz CT molecular complexity index is 2460. The van der Waals surface area contributed by atoms with Crippen molar-refractivity contribution in [3.05, 3.63) is 161 Å². The number of nitrogens with one attached hydrogen (secondary N) is 3. The second-order valence-electron chi connectivity index (χ2n) is 10.6. The summed E-state index contributed by atoms with van der Waals surface area (Å²) < 4.78 is 0.192. The molecule has 0 spiro atoms. The zero-order valence-corrected chi connectivity index (χ0v) is 49.2. The second kappa shape index (κ2) is 36.3. The number of rotatable bonds is 6. The third-order valence-electron chi connectivity index (χ3n) is 6.21. The van der Waals surface area contributed by atoms with Crippen LogP contribution in [0.4, 0.5) is 0 Å². The van der Waals surface area contributed by atoms with E-state index in [4.69, 9.17) is 97.9 Å². The minimum absolute atomic E-state index is 0. The van der Waals surface area contributed by atoms with Crippen LogP contribution in [0.15, 0.2) is 75.9 Å². The van der Waals surface area contributed by atoms with Gasteiger partial charge in [0, 0.05) is 78.9 Å². The van der Waals surface area contributed by atoms with Crippen molar-refractivity contribution in [2.45, 2.75) is 36.7 Å². The van der Waals surface area contributed by atoms with E-state index < -0.39 is 0 Å². The van der Waals surface area contributed by atoms with Crippen molar-refractivity contribution >= 4 is 198 Å². The SMILES string of the molecule is BrP(Br)Br.Cc1cc(=O)[nH]c(=S)[nH]1.Cc1cc(=O)[nH]c(SCc2ccnc(Cl)c2Cl)n1.Clc1nccc(CBr)c1Cl.O=Cc1ccnc(Cl)c1Cl.OCc1ccnc(Cl)c1Cl.[B].[H-].[Na+]. The van der Waals surface area contributed by atoms with Crippen LogP contribution in [0.3, 0.4) is 0 Å². The molecular weight excluding hydrogens is 1320 g/mol. The number of H-pyrrole nitrogens is 3. The molecule has 0 saturated carbocycles. The molecule has 0 aliphatic rings. The summed E-state index contributed by atoms with van der Waals surface area (Å²) in [6.07, 6.45) is 6.79. The summed E-state index contributed by atoms with van der Waals surface area (Å²) in [5.41, 5.74) is 3.92. The molecule has 0 saturated heterocycles. The smallest absolute Gasteiger partial charge is 1.00 e. The number of hydrogen-bond acceptors (Lipinski definition) is 11. The van der Waals surface area contributed by atoms with Gasteiger partial charge in [0.15, 0.2) is 16.2 Å². The molecule has 0 aliphatic carbocycles. The molecule has 6 aromatic rings. The summed E-state index contributed by atoms with van der Waals surface area (Å²) in [7, 11) is 0. The van der Waals surface area contributed by atoms with Crippen LogP contribution >= 0.6 is 183 Å². The Balaban J connectivity index is -0.000000721. The summed E-state index contributed by atoms with van der Waals surface area (Å²) in [6, 6.07) is 9.63. The van der Waals surface area contributed by atoms with Gasteiger partial charge in [-0.2, -0.15) is 0 Å². The summed E-state index contributed by atoms with van der Waals surface area (Å²) in [5, 5.41) is 12.5. The molecule has 4 N–H and O–H groups in total. The number of nitrogens with zero attached hydrogens (tertiary/aromatic N) is 5. The van der Waals surface area contributed by atoms with E-state index in [1.54, 1.807) is 38.4 Å². The summed E-state index contributed by atoms with van der Waals surface area (Å²) in [5.74, 6) is 0.563. The monoisotopic (exact) mass is 1340 g/mol. The molecule has 0 unspecified atom stereocenters. The number of halogens is 12. The number of pyridine rings is 4. The topological polar surface area (TPSA) is 183 Å². The van der Waals surface area contributed by atoms with Crippen LogP contribution in [-0.2, 0) is 17.7 Å².